The predicted molar refractivity (Wildman–Crippen MR) is 82.4 cm³/mol. The van der Waals surface area contributed by atoms with Crippen molar-refractivity contribution in [3.8, 4) is 0 Å². The van der Waals surface area contributed by atoms with Crippen LogP contribution in [-0.4, -0.2) is 14.9 Å². The topological polar surface area (TPSA) is 70.0 Å². The van der Waals surface area contributed by atoms with E-state index < -0.39 is 0 Å². The summed E-state index contributed by atoms with van der Waals surface area (Å²) in [6.45, 7) is 0. The van der Waals surface area contributed by atoms with Gasteiger partial charge in [0.2, 0.25) is 0 Å². The molecular formula is C16H15N3O2. The Morgan fingerprint density at radius 3 is 2.33 bits per heavy atom. The van der Waals surface area contributed by atoms with Crippen LogP contribution < -0.4 is 11.4 Å². The van der Waals surface area contributed by atoms with Gasteiger partial charge in [-0.1, -0.05) is 12.1 Å². The van der Waals surface area contributed by atoms with Gasteiger partial charge < -0.3 is 5.73 Å². The third kappa shape index (κ3) is 2.03. The molecule has 2 aromatic carbocycles. The summed E-state index contributed by atoms with van der Waals surface area (Å²) < 4.78 is 3.09. The molecule has 0 aliphatic rings. The number of aryl methyl sites for hydroxylation is 2. The maximum atomic E-state index is 12.5. The number of imidazole rings is 1. The number of nitrogens with two attached hydrogens (primary N) is 1. The number of anilines is 1. The highest BCUT2D eigenvalue weighted by Crippen LogP contribution is 2.18. The van der Waals surface area contributed by atoms with Gasteiger partial charge in [0.25, 0.3) is 0 Å². The van der Waals surface area contributed by atoms with Gasteiger partial charge in [0.05, 0.1) is 11.0 Å². The number of hydrogen-bond acceptors (Lipinski definition) is 3. The molecule has 3 rings (SSSR count). The third-order valence-electron chi connectivity index (χ3n) is 3.68. The lowest BCUT2D eigenvalue weighted by Crippen LogP contribution is -2.19. The van der Waals surface area contributed by atoms with Crippen LogP contribution >= 0.6 is 0 Å². The van der Waals surface area contributed by atoms with E-state index in [0.29, 0.717) is 16.8 Å². The van der Waals surface area contributed by atoms with Gasteiger partial charge in [0.1, 0.15) is 0 Å². The number of carbonyl (C=O) groups is 1. The summed E-state index contributed by atoms with van der Waals surface area (Å²) in [5, 5.41) is 0. The standard InChI is InChI=1S/C16H15N3O2/c1-18-13-7-6-11(9-14(13)19(2)16(18)21)15(20)10-4-3-5-12(17)8-10/h3-9H,17H2,1-2H3. The summed E-state index contributed by atoms with van der Waals surface area (Å²) in [6, 6.07) is 12.1. The Hall–Kier alpha value is -2.82. The molecule has 21 heavy (non-hydrogen) atoms. The second-order valence-corrected chi connectivity index (χ2v) is 5.06. The lowest BCUT2D eigenvalue weighted by Gasteiger charge is -2.03. The number of rotatable bonds is 2. The molecule has 2 N–H and O–H groups in total. The van der Waals surface area contributed by atoms with E-state index in [1.807, 2.05) is 0 Å². The summed E-state index contributed by atoms with van der Waals surface area (Å²) in [6.07, 6.45) is 0. The third-order valence-corrected chi connectivity index (χ3v) is 3.68. The zero-order valence-electron chi connectivity index (χ0n) is 11.8. The molecule has 0 unspecified atom stereocenters. The highest BCUT2D eigenvalue weighted by molar-refractivity contribution is 6.10. The summed E-state index contributed by atoms with van der Waals surface area (Å²) in [7, 11) is 3.41. The van der Waals surface area contributed by atoms with Crippen LogP contribution in [0, 0.1) is 0 Å². The molecule has 0 amide bonds. The van der Waals surface area contributed by atoms with Crippen LogP contribution in [0.25, 0.3) is 11.0 Å². The lowest BCUT2D eigenvalue weighted by atomic mass is 10.0. The van der Waals surface area contributed by atoms with Gasteiger partial charge in [0, 0.05) is 30.9 Å². The first-order valence-corrected chi connectivity index (χ1v) is 6.55. The molecule has 1 aromatic heterocycles. The summed E-state index contributed by atoms with van der Waals surface area (Å²) >= 11 is 0. The first kappa shape index (κ1) is 13.2. The van der Waals surface area contributed by atoms with Crippen molar-refractivity contribution < 1.29 is 4.79 Å². The summed E-state index contributed by atoms with van der Waals surface area (Å²) in [5.74, 6) is -0.111. The van der Waals surface area contributed by atoms with Crippen LogP contribution in [0.4, 0.5) is 5.69 Å². The van der Waals surface area contributed by atoms with Crippen molar-refractivity contribution in [2.75, 3.05) is 5.73 Å². The van der Waals surface area contributed by atoms with Crippen LogP contribution in [0.5, 0.6) is 0 Å². The van der Waals surface area contributed by atoms with Gasteiger partial charge in [-0.05, 0) is 30.3 Å². The molecule has 0 radical (unpaired) electrons. The van der Waals surface area contributed by atoms with E-state index in [9.17, 15) is 9.59 Å². The van der Waals surface area contributed by atoms with Crippen molar-refractivity contribution in [1.29, 1.82) is 0 Å². The van der Waals surface area contributed by atoms with Crippen LogP contribution in [0.3, 0.4) is 0 Å². The number of nitrogens with zero attached hydrogens (tertiary/aromatic N) is 2. The molecule has 3 aromatic rings. The van der Waals surface area contributed by atoms with Crippen molar-refractivity contribution >= 4 is 22.5 Å². The Morgan fingerprint density at radius 2 is 1.62 bits per heavy atom. The number of ketones is 1. The molecule has 0 saturated carbocycles. The molecule has 0 fully saturated rings. The highest BCUT2D eigenvalue weighted by Gasteiger charge is 2.13. The number of hydrogen-bond donors (Lipinski definition) is 1. The van der Waals surface area contributed by atoms with Gasteiger partial charge in [0.15, 0.2) is 5.78 Å². The van der Waals surface area contributed by atoms with Crippen molar-refractivity contribution in [3.63, 3.8) is 0 Å². The minimum Gasteiger partial charge on any atom is -0.399 e. The zero-order valence-corrected chi connectivity index (χ0v) is 11.8. The second-order valence-electron chi connectivity index (χ2n) is 5.06. The fraction of sp³-hybridized carbons (Fsp3) is 0.125. The first-order chi connectivity index (χ1) is 9.99. The first-order valence-electron chi connectivity index (χ1n) is 6.55. The van der Waals surface area contributed by atoms with E-state index in [1.54, 1.807) is 61.1 Å². The normalized spacial score (nSPS) is 11.0. The quantitative estimate of drug-likeness (QED) is 0.574. The van der Waals surface area contributed by atoms with Gasteiger partial charge in [-0.15, -0.1) is 0 Å². The Balaban J connectivity index is 2.15. The maximum absolute atomic E-state index is 12.5. The summed E-state index contributed by atoms with van der Waals surface area (Å²) in [5.41, 5.74) is 8.75. The van der Waals surface area contributed by atoms with E-state index in [1.165, 1.54) is 4.57 Å². The Kier molecular flexibility index (Phi) is 2.90. The van der Waals surface area contributed by atoms with E-state index >= 15 is 0 Å². The van der Waals surface area contributed by atoms with E-state index in [4.69, 9.17) is 5.73 Å². The number of aromatic nitrogens is 2. The smallest absolute Gasteiger partial charge is 0.328 e. The molecule has 5 heteroatoms. The molecule has 0 aliphatic carbocycles. The monoisotopic (exact) mass is 281 g/mol. The fourth-order valence-electron chi connectivity index (χ4n) is 2.49. The van der Waals surface area contributed by atoms with Gasteiger partial charge >= 0.3 is 5.69 Å². The molecule has 5 nitrogen and oxygen atoms in total. The minimum absolute atomic E-state index is 0.111. The van der Waals surface area contributed by atoms with Crippen molar-refractivity contribution in [2.24, 2.45) is 14.1 Å². The highest BCUT2D eigenvalue weighted by atomic mass is 16.1. The number of benzene rings is 2. The molecule has 0 saturated heterocycles. The van der Waals surface area contributed by atoms with E-state index in [0.717, 1.165) is 11.0 Å². The number of fused-ring (bicyclic) bond motifs is 1. The molecule has 1 heterocycles. The minimum atomic E-state index is -0.112. The van der Waals surface area contributed by atoms with E-state index in [-0.39, 0.29) is 11.5 Å². The Bertz CT molecular complexity index is 919. The molecule has 0 bridgehead atoms. The van der Waals surface area contributed by atoms with Gasteiger partial charge in [-0.3, -0.25) is 13.9 Å². The molecule has 0 spiro atoms. The molecular weight excluding hydrogens is 266 g/mol. The maximum Gasteiger partial charge on any atom is 0.328 e. The Labute approximate surface area is 121 Å². The van der Waals surface area contributed by atoms with Crippen LogP contribution in [0.1, 0.15) is 15.9 Å². The SMILES string of the molecule is Cn1c(=O)n(C)c2cc(C(=O)c3cccc(N)c3)ccc21. The van der Waals surface area contributed by atoms with Gasteiger partial charge in [-0.25, -0.2) is 4.79 Å². The number of nitrogen functional groups attached to an aromatic ring is 1. The van der Waals surface area contributed by atoms with Crippen LogP contribution in [0.15, 0.2) is 47.3 Å². The molecule has 0 atom stereocenters. The predicted octanol–water partition coefficient (Wildman–Crippen LogP) is 1.69. The van der Waals surface area contributed by atoms with Gasteiger partial charge in [-0.2, -0.15) is 0 Å². The van der Waals surface area contributed by atoms with Crippen molar-refractivity contribution in [1.82, 2.24) is 9.13 Å². The molecule has 0 aliphatic heterocycles. The summed E-state index contributed by atoms with van der Waals surface area (Å²) in [4.78, 5) is 24.4. The Morgan fingerprint density at radius 1 is 0.952 bits per heavy atom. The number of carbonyl (C=O) groups excluding carboxylic acids is 1. The van der Waals surface area contributed by atoms with Crippen molar-refractivity contribution in [2.45, 2.75) is 0 Å². The zero-order chi connectivity index (χ0) is 15.1. The van der Waals surface area contributed by atoms with Crippen LogP contribution in [0.2, 0.25) is 0 Å². The lowest BCUT2D eigenvalue weighted by molar-refractivity contribution is 0.103. The van der Waals surface area contributed by atoms with Crippen LogP contribution in [-0.2, 0) is 14.1 Å². The largest absolute Gasteiger partial charge is 0.399 e. The average Bonchev–Trinajstić information content (AvgIpc) is 2.71. The second kappa shape index (κ2) is 4.63. The fourth-order valence-corrected chi connectivity index (χ4v) is 2.49. The van der Waals surface area contributed by atoms with E-state index in [2.05, 4.69) is 0 Å². The average molecular weight is 281 g/mol. The van der Waals surface area contributed by atoms with Crippen molar-refractivity contribution in [3.05, 3.63) is 64.1 Å². The molecule has 106 valence electrons.